The van der Waals surface area contributed by atoms with Crippen LogP contribution in [0.2, 0.25) is 0 Å². The molecule has 4 rings (SSSR count). The highest BCUT2D eigenvalue weighted by Gasteiger charge is 2.18. The van der Waals surface area contributed by atoms with Crippen molar-refractivity contribution >= 4 is 39.1 Å². The first-order valence-electron chi connectivity index (χ1n) is 8.43. The Morgan fingerprint density at radius 2 is 2.21 bits per heavy atom. The molecule has 0 bridgehead atoms. The molecule has 2 amide bonds. The van der Waals surface area contributed by atoms with Crippen molar-refractivity contribution in [2.75, 3.05) is 11.9 Å². The zero-order valence-electron chi connectivity index (χ0n) is 14.8. The summed E-state index contributed by atoms with van der Waals surface area (Å²) in [6, 6.07) is 5.20. The first-order valence-corrected chi connectivity index (χ1v) is 9.25. The Bertz CT molecular complexity index is 1170. The molecule has 0 fully saturated rings. The minimum Gasteiger partial charge on any atom is -0.482 e. The van der Waals surface area contributed by atoms with Gasteiger partial charge in [0.2, 0.25) is 5.82 Å². The predicted molar refractivity (Wildman–Crippen MR) is 103 cm³/mol. The van der Waals surface area contributed by atoms with Gasteiger partial charge in [-0.2, -0.15) is 0 Å². The van der Waals surface area contributed by atoms with Crippen LogP contribution in [0.15, 0.2) is 23.0 Å². The molecule has 0 atom stereocenters. The number of H-pyrrole nitrogens is 1. The third kappa shape index (κ3) is 3.23. The minimum absolute atomic E-state index is 0.0230. The Kier molecular flexibility index (Phi) is 4.57. The fourth-order valence-electron chi connectivity index (χ4n) is 2.95. The van der Waals surface area contributed by atoms with Crippen LogP contribution in [0, 0.1) is 6.92 Å². The van der Waals surface area contributed by atoms with Gasteiger partial charge in [0.1, 0.15) is 10.6 Å². The molecule has 3 aromatic rings. The Morgan fingerprint density at radius 3 is 3.00 bits per heavy atom. The second-order valence-electron chi connectivity index (χ2n) is 6.25. The maximum atomic E-state index is 12.4. The van der Waals surface area contributed by atoms with Crippen molar-refractivity contribution in [3.8, 4) is 5.75 Å². The van der Waals surface area contributed by atoms with Crippen molar-refractivity contribution in [2.24, 2.45) is 0 Å². The summed E-state index contributed by atoms with van der Waals surface area (Å²) in [4.78, 5) is 43.9. The van der Waals surface area contributed by atoms with Gasteiger partial charge in [-0.25, -0.2) is 4.98 Å². The van der Waals surface area contributed by atoms with E-state index in [1.807, 2.05) is 0 Å². The second-order valence-corrected chi connectivity index (χ2v) is 7.34. The first kappa shape index (κ1) is 18.1. The highest BCUT2D eigenvalue weighted by molar-refractivity contribution is 7.18. The standard InChI is InChI=1S/C18H16N4O5S/c1-8-12(6-23)28-18-14(8)16(25)21-15(22-18)17(26)19-5-9-2-3-11-10(4-9)20-13(24)7-27-11/h2-4,23H,5-7H2,1H3,(H,19,26)(H,20,24)(H,21,22,25). The van der Waals surface area contributed by atoms with Crippen LogP contribution < -0.4 is 20.9 Å². The van der Waals surface area contributed by atoms with E-state index in [4.69, 9.17) is 4.74 Å². The molecule has 1 aromatic carbocycles. The van der Waals surface area contributed by atoms with Crippen molar-refractivity contribution in [3.05, 3.63) is 50.4 Å². The molecule has 1 aliphatic rings. The Hall–Kier alpha value is -3.24. The zero-order chi connectivity index (χ0) is 19.8. The lowest BCUT2D eigenvalue weighted by molar-refractivity contribution is -0.118. The molecule has 144 valence electrons. The van der Waals surface area contributed by atoms with Gasteiger partial charge in [-0.1, -0.05) is 6.07 Å². The number of ether oxygens (including phenoxy) is 1. The van der Waals surface area contributed by atoms with E-state index in [-0.39, 0.29) is 31.5 Å². The molecular weight excluding hydrogens is 384 g/mol. The number of hydrogen-bond acceptors (Lipinski definition) is 7. The van der Waals surface area contributed by atoms with Crippen LogP contribution in [-0.2, 0) is 17.9 Å². The highest BCUT2D eigenvalue weighted by Crippen LogP contribution is 2.28. The quantitative estimate of drug-likeness (QED) is 0.517. The number of rotatable bonds is 4. The van der Waals surface area contributed by atoms with E-state index >= 15 is 0 Å². The number of hydrogen-bond donors (Lipinski definition) is 4. The van der Waals surface area contributed by atoms with Crippen LogP contribution in [0.4, 0.5) is 5.69 Å². The van der Waals surface area contributed by atoms with Crippen molar-refractivity contribution < 1.29 is 19.4 Å². The lowest BCUT2D eigenvalue weighted by atomic mass is 10.1. The topological polar surface area (TPSA) is 133 Å². The van der Waals surface area contributed by atoms with Crippen LogP contribution >= 0.6 is 11.3 Å². The summed E-state index contributed by atoms with van der Waals surface area (Å²) in [5.74, 6) is -0.303. The van der Waals surface area contributed by atoms with Gasteiger partial charge >= 0.3 is 0 Å². The van der Waals surface area contributed by atoms with Gasteiger partial charge in [0.05, 0.1) is 17.7 Å². The fraction of sp³-hybridized carbons (Fsp3) is 0.222. The van der Waals surface area contributed by atoms with E-state index < -0.39 is 11.5 Å². The summed E-state index contributed by atoms with van der Waals surface area (Å²) in [7, 11) is 0. The van der Waals surface area contributed by atoms with Gasteiger partial charge in [0, 0.05) is 11.4 Å². The lowest BCUT2D eigenvalue weighted by Gasteiger charge is -2.18. The van der Waals surface area contributed by atoms with E-state index in [0.717, 1.165) is 5.56 Å². The van der Waals surface area contributed by atoms with Crippen molar-refractivity contribution in [1.82, 2.24) is 15.3 Å². The Morgan fingerprint density at radius 1 is 1.39 bits per heavy atom. The number of aromatic amines is 1. The number of aliphatic hydroxyl groups excluding tert-OH is 1. The molecule has 2 aromatic heterocycles. The van der Waals surface area contributed by atoms with Crippen molar-refractivity contribution in [2.45, 2.75) is 20.1 Å². The number of aromatic nitrogens is 2. The van der Waals surface area contributed by atoms with Crippen LogP contribution in [0.3, 0.4) is 0 Å². The number of carbonyl (C=O) groups excluding carboxylic acids is 2. The van der Waals surface area contributed by atoms with E-state index in [0.29, 0.717) is 32.1 Å². The van der Waals surface area contributed by atoms with Crippen LogP contribution in [0.25, 0.3) is 10.2 Å². The molecule has 3 heterocycles. The molecular formula is C18H16N4O5S. The van der Waals surface area contributed by atoms with Crippen molar-refractivity contribution in [3.63, 3.8) is 0 Å². The maximum absolute atomic E-state index is 12.4. The Labute approximate surface area is 162 Å². The molecule has 10 heteroatoms. The zero-order valence-corrected chi connectivity index (χ0v) is 15.6. The summed E-state index contributed by atoms with van der Waals surface area (Å²) in [5, 5.41) is 15.1. The average Bonchev–Trinajstić information content (AvgIpc) is 3.01. The molecule has 1 aliphatic heterocycles. The van der Waals surface area contributed by atoms with E-state index in [9.17, 15) is 19.5 Å². The van der Waals surface area contributed by atoms with Crippen molar-refractivity contribution in [1.29, 1.82) is 0 Å². The molecule has 0 unspecified atom stereocenters. The molecule has 0 spiro atoms. The van der Waals surface area contributed by atoms with Gasteiger partial charge in [-0.15, -0.1) is 11.3 Å². The molecule has 0 saturated carbocycles. The van der Waals surface area contributed by atoms with E-state index in [2.05, 4.69) is 20.6 Å². The number of fused-ring (bicyclic) bond motifs is 2. The third-order valence-corrected chi connectivity index (χ3v) is 5.56. The summed E-state index contributed by atoms with van der Waals surface area (Å²) >= 11 is 1.18. The number of aryl methyl sites for hydroxylation is 1. The summed E-state index contributed by atoms with van der Waals surface area (Å²) < 4.78 is 5.29. The molecule has 9 nitrogen and oxygen atoms in total. The number of thiophene rings is 1. The van der Waals surface area contributed by atoms with Crippen LogP contribution in [-0.4, -0.2) is 33.5 Å². The molecule has 4 N–H and O–H groups in total. The van der Waals surface area contributed by atoms with Gasteiger partial charge in [0.25, 0.3) is 17.4 Å². The molecule has 28 heavy (non-hydrogen) atoms. The number of amides is 2. The summed E-state index contributed by atoms with van der Waals surface area (Å²) in [5.41, 5.74) is 1.54. The van der Waals surface area contributed by atoms with Crippen LogP contribution in [0.5, 0.6) is 5.75 Å². The number of aliphatic hydroxyl groups is 1. The third-order valence-electron chi connectivity index (χ3n) is 4.39. The predicted octanol–water partition coefficient (Wildman–Crippen LogP) is 1.05. The van der Waals surface area contributed by atoms with Gasteiger partial charge < -0.3 is 25.5 Å². The maximum Gasteiger partial charge on any atom is 0.287 e. The van der Waals surface area contributed by atoms with E-state index in [1.54, 1.807) is 25.1 Å². The van der Waals surface area contributed by atoms with Gasteiger partial charge in [-0.3, -0.25) is 14.4 Å². The van der Waals surface area contributed by atoms with Crippen LogP contribution in [0.1, 0.15) is 26.6 Å². The SMILES string of the molecule is Cc1c(CO)sc2nc(C(=O)NCc3ccc4c(c3)NC(=O)CO4)[nH]c(=O)c12. The summed E-state index contributed by atoms with van der Waals surface area (Å²) in [6.45, 7) is 1.70. The molecule has 0 aliphatic carbocycles. The smallest absolute Gasteiger partial charge is 0.287 e. The fourth-order valence-corrected chi connectivity index (χ4v) is 3.99. The number of anilines is 1. The first-order chi connectivity index (χ1) is 13.5. The minimum atomic E-state index is -0.534. The second kappa shape index (κ2) is 7.06. The molecule has 0 saturated heterocycles. The van der Waals surface area contributed by atoms with Gasteiger partial charge in [0.15, 0.2) is 6.61 Å². The number of benzene rings is 1. The van der Waals surface area contributed by atoms with E-state index in [1.165, 1.54) is 11.3 Å². The average molecular weight is 400 g/mol. The Balaban J connectivity index is 1.53. The normalized spacial score (nSPS) is 13.0. The molecule has 0 radical (unpaired) electrons. The lowest BCUT2D eigenvalue weighted by Crippen LogP contribution is -2.28. The largest absolute Gasteiger partial charge is 0.482 e. The highest BCUT2D eigenvalue weighted by atomic mass is 32.1. The van der Waals surface area contributed by atoms with Gasteiger partial charge in [-0.05, 0) is 30.2 Å². The number of carbonyl (C=O) groups is 2. The number of nitrogens with one attached hydrogen (secondary N) is 3. The summed E-state index contributed by atoms with van der Waals surface area (Å²) in [6.07, 6.45) is 0. The number of nitrogens with zero attached hydrogens (tertiary/aromatic N) is 1. The monoisotopic (exact) mass is 400 g/mol.